The Balaban J connectivity index is 1.62. The maximum Gasteiger partial charge on any atom is 0.262 e. The molecule has 26 heavy (non-hydrogen) atoms. The van der Waals surface area contributed by atoms with Crippen LogP contribution in [0.4, 0.5) is 5.95 Å². The first-order valence-electron chi connectivity index (χ1n) is 9.49. The Bertz CT molecular complexity index is 852. The maximum absolute atomic E-state index is 13.0. The van der Waals surface area contributed by atoms with E-state index < -0.39 is 0 Å². The number of aromatic nitrogens is 2. The molecule has 0 N–H and O–H groups in total. The van der Waals surface area contributed by atoms with E-state index in [1.165, 1.54) is 0 Å². The van der Waals surface area contributed by atoms with Crippen LogP contribution in [0.1, 0.15) is 31.9 Å². The lowest BCUT2D eigenvalue weighted by molar-refractivity contribution is 0.0974. The molecule has 2 fully saturated rings. The monoisotopic (exact) mass is 353 g/mol. The summed E-state index contributed by atoms with van der Waals surface area (Å²) in [6.07, 6.45) is 3.73. The van der Waals surface area contributed by atoms with Gasteiger partial charge in [-0.05, 0) is 44.1 Å². The van der Waals surface area contributed by atoms with Crippen molar-refractivity contribution in [3.8, 4) is 11.1 Å². The van der Waals surface area contributed by atoms with Crippen LogP contribution in [0.25, 0.3) is 11.1 Å². The maximum atomic E-state index is 13.0. The van der Waals surface area contributed by atoms with Gasteiger partial charge in [0.25, 0.3) is 5.56 Å². The molecule has 138 valence electrons. The van der Waals surface area contributed by atoms with Crippen molar-refractivity contribution >= 4 is 5.95 Å². The van der Waals surface area contributed by atoms with Crippen LogP contribution in [0.3, 0.4) is 0 Å². The molecule has 5 nitrogen and oxygen atoms in total. The van der Waals surface area contributed by atoms with E-state index in [1.807, 2.05) is 44.3 Å². The molecule has 0 amide bonds. The van der Waals surface area contributed by atoms with Crippen molar-refractivity contribution in [1.29, 1.82) is 0 Å². The molecule has 2 aliphatic rings. The van der Waals surface area contributed by atoms with Gasteiger partial charge in [0.05, 0.1) is 24.0 Å². The van der Waals surface area contributed by atoms with Crippen LogP contribution in [-0.2, 0) is 11.8 Å². The van der Waals surface area contributed by atoms with Gasteiger partial charge >= 0.3 is 0 Å². The SMILES string of the molecule is Cc1nc(N2CCC3(CC2)CO[C@@H](C)C3)n(C)c(=O)c1-c1ccccc1. The fourth-order valence-corrected chi connectivity index (χ4v) is 4.49. The number of piperidine rings is 1. The summed E-state index contributed by atoms with van der Waals surface area (Å²) in [5.74, 6) is 0.786. The summed E-state index contributed by atoms with van der Waals surface area (Å²) < 4.78 is 7.53. The molecule has 0 bridgehead atoms. The lowest BCUT2D eigenvalue weighted by atomic mass is 9.77. The summed E-state index contributed by atoms with van der Waals surface area (Å²) in [7, 11) is 1.83. The van der Waals surface area contributed by atoms with E-state index >= 15 is 0 Å². The molecular weight excluding hydrogens is 326 g/mol. The number of ether oxygens (including phenoxy) is 1. The van der Waals surface area contributed by atoms with Crippen LogP contribution in [-0.4, -0.2) is 35.4 Å². The number of anilines is 1. The standard InChI is InChI=1S/C21H27N3O2/c1-15-13-21(14-26-15)9-11-24(12-10-21)20-22-16(2)18(19(25)23(20)3)17-7-5-4-6-8-17/h4-8,15H,9-14H2,1-3H3/t15-/m0/s1. The Morgan fingerprint density at radius 2 is 1.88 bits per heavy atom. The second kappa shape index (κ2) is 6.54. The van der Waals surface area contributed by atoms with Crippen molar-refractivity contribution in [3.05, 3.63) is 46.4 Å². The van der Waals surface area contributed by atoms with E-state index in [0.29, 0.717) is 17.1 Å². The van der Waals surface area contributed by atoms with Crippen molar-refractivity contribution < 1.29 is 4.74 Å². The van der Waals surface area contributed by atoms with E-state index in [-0.39, 0.29) is 5.56 Å². The molecule has 3 heterocycles. The van der Waals surface area contributed by atoms with Crippen LogP contribution >= 0.6 is 0 Å². The summed E-state index contributed by atoms with van der Waals surface area (Å²) in [5.41, 5.74) is 2.78. The highest BCUT2D eigenvalue weighted by Crippen LogP contribution is 2.42. The van der Waals surface area contributed by atoms with Crippen LogP contribution < -0.4 is 10.5 Å². The Morgan fingerprint density at radius 1 is 1.19 bits per heavy atom. The fraction of sp³-hybridized carbons (Fsp3) is 0.524. The average molecular weight is 353 g/mol. The van der Waals surface area contributed by atoms with Crippen LogP contribution in [0.5, 0.6) is 0 Å². The van der Waals surface area contributed by atoms with Crippen molar-refractivity contribution in [3.63, 3.8) is 0 Å². The molecule has 4 rings (SSSR count). The van der Waals surface area contributed by atoms with E-state index in [9.17, 15) is 4.79 Å². The van der Waals surface area contributed by atoms with E-state index in [1.54, 1.807) is 4.57 Å². The summed E-state index contributed by atoms with van der Waals surface area (Å²) in [4.78, 5) is 20.1. The first kappa shape index (κ1) is 17.3. The third-order valence-corrected chi connectivity index (χ3v) is 6.01. The van der Waals surface area contributed by atoms with Crippen molar-refractivity contribution in [1.82, 2.24) is 9.55 Å². The minimum Gasteiger partial charge on any atom is -0.378 e. The highest BCUT2D eigenvalue weighted by atomic mass is 16.5. The molecule has 2 aromatic rings. The highest BCUT2D eigenvalue weighted by molar-refractivity contribution is 5.65. The second-order valence-corrected chi connectivity index (χ2v) is 7.92. The summed E-state index contributed by atoms with van der Waals surface area (Å²) in [6, 6.07) is 9.81. The van der Waals surface area contributed by atoms with Crippen LogP contribution in [0.15, 0.2) is 35.1 Å². The predicted octanol–water partition coefficient (Wildman–Crippen LogP) is 3.15. The van der Waals surface area contributed by atoms with Gasteiger partial charge in [-0.3, -0.25) is 9.36 Å². The number of rotatable bonds is 2. The lowest BCUT2D eigenvalue weighted by Crippen LogP contribution is -2.43. The predicted molar refractivity (Wildman–Crippen MR) is 104 cm³/mol. The normalized spacial score (nSPS) is 22.1. The third-order valence-electron chi connectivity index (χ3n) is 6.01. The molecule has 0 aliphatic carbocycles. The van der Waals surface area contributed by atoms with E-state index in [4.69, 9.17) is 9.72 Å². The molecule has 0 radical (unpaired) electrons. The van der Waals surface area contributed by atoms with Gasteiger partial charge in [0, 0.05) is 20.1 Å². The van der Waals surface area contributed by atoms with Crippen LogP contribution in [0.2, 0.25) is 0 Å². The summed E-state index contributed by atoms with van der Waals surface area (Å²) in [6.45, 7) is 6.84. The Labute approximate surface area is 154 Å². The minimum absolute atomic E-state index is 0.0248. The summed E-state index contributed by atoms with van der Waals surface area (Å²) >= 11 is 0. The van der Waals surface area contributed by atoms with E-state index in [0.717, 1.165) is 56.2 Å². The van der Waals surface area contributed by atoms with Gasteiger partial charge in [0.1, 0.15) is 0 Å². The van der Waals surface area contributed by atoms with Gasteiger partial charge in [-0.15, -0.1) is 0 Å². The first-order valence-corrected chi connectivity index (χ1v) is 9.49. The quantitative estimate of drug-likeness (QED) is 0.832. The largest absolute Gasteiger partial charge is 0.378 e. The Hall–Kier alpha value is -2.14. The van der Waals surface area contributed by atoms with Crippen molar-refractivity contribution in [2.24, 2.45) is 12.5 Å². The van der Waals surface area contributed by atoms with Gasteiger partial charge < -0.3 is 9.64 Å². The second-order valence-electron chi connectivity index (χ2n) is 7.92. The molecule has 2 aliphatic heterocycles. The zero-order chi connectivity index (χ0) is 18.3. The van der Waals surface area contributed by atoms with Crippen molar-refractivity contribution in [2.75, 3.05) is 24.6 Å². The first-order chi connectivity index (χ1) is 12.5. The third kappa shape index (κ3) is 2.94. The molecule has 1 spiro atoms. The molecule has 1 atom stereocenters. The average Bonchev–Trinajstić information content (AvgIpc) is 3.00. The van der Waals surface area contributed by atoms with Gasteiger partial charge in [0.15, 0.2) is 0 Å². The molecule has 2 saturated heterocycles. The molecule has 1 aromatic heterocycles. The Kier molecular flexibility index (Phi) is 4.35. The summed E-state index contributed by atoms with van der Waals surface area (Å²) in [5, 5.41) is 0. The molecular formula is C21H27N3O2. The van der Waals surface area contributed by atoms with Gasteiger partial charge in [0.2, 0.25) is 5.95 Å². The highest BCUT2D eigenvalue weighted by Gasteiger charge is 2.41. The number of hydrogen-bond donors (Lipinski definition) is 0. The van der Waals surface area contributed by atoms with E-state index in [2.05, 4.69) is 11.8 Å². The van der Waals surface area contributed by atoms with Gasteiger partial charge in [-0.2, -0.15) is 0 Å². The van der Waals surface area contributed by atoms with Crippen molar-refractivity contribution in [2.45, 2.75) is 39.2 Å². The fourth-order valence-electron chi connectivity index (χ4n) is 4.49. The number of benzene rings is 1. The topological polar surface area (TPSA) is 47.4 Å². The van der Waals surface area contributed by atoms with Gasteiger partial charge in [-0.1, -0.05) is 30.3 Å². The van der Waals surface area contributed by atoms with Crippen LogP contribution in [0, 0.1) is 12.3 Å². The number of hydrogen-bond acceptors (Lipinski definition) is 4. The molecule has 0 saturated carbocycles. The molecule has 1 aromatic carbocycles. The lowest BCUT2D eigenvalue weighted by Gasteiger charge is -2.39. The zero-order valence-electron chi connectivity index (χ0n) is 15.9. The number of aryl methyl sites for hydroxylation is 1. The van der Waals surface area contributed by atoms with Gasteiger partial charge in [-0.25, -0.2) is 4.98 Å². The zero-order valence-corrected chi connectivity index (χ0v) is 15.9. The minimum atomic E-state index is 0.0248. The smallest absolute Gasteiger partial charge is 0.262 e. The molecule has 5 heteroatoms. The Morgan fingerprint density at radius 3 is 2.50 bits per heavy atom. The number of nitrogens with zero attached hydrogens (tertiary/aromatic N) is 3. The molecule has 0 unspecified atom stereocenters.